The summed E-state index contributed by atoms with van der Waals surface area (Å²) in [5, 5.41) is 18.7. The normalized spacial score (nSPS) is 38.9. The van der Waals surface area contributed by atoms with Crippen LogP contribution in [0.5, 0.6) is 0 Å². The molecule has 0 amide bonds. The van der Waals surface area contributed by atoms with Crippen molar-refractivity contribution in [2.75, 3.05) is 6.61 Å². The Labute approximate surface area is 102 Å². The molecule has 92 valence electrons. The van der Waals surface area contributed by atoms with Gasteiger partial charge in [-0.3, -0.25) is 0 Å². The second-order valence-corrected chi connectivity index (χ2v) is 5.54. The van der Waals surface area contributed by atoms with Crippen molar-refractivity contribution in [2.45, 2.75) is 44.8 Å². The lowest BCUT2D eigenvalue weighted by atomic mass is 9.76. The first-order chi connectivity index (χ1) is 7.63. The van der Waals surface area contributed by atoms with Gasteiger partial charge in [0.1, 0.15) is 0 Å². The summed E-state index contributed by atoms with van der Waals surface area (Å²) in [4.78, 5) is 0. The zero-order chi connectivity index (χ0) is 11.7. The SMILES string of the molecule is C[C@@H](CCC1[C@@H]2CC[C@@H](O2)[C@@H]1CO)C(O)=S. The number of hydrogen-bond donors (Lipinski definition) is 2. The van der Waals surface area contributed by atoms with Gasteiger partial charge in [0, 0.05) is 18.4 Å². The van der Waals surface area contributed by atoms with Gasteiger partial charge in [0.15, 0.2) is 5.05 Å². The molecule has 2 N–H and O–H groups in total. The fourth-order valence-corrected chi connectivity index (χ4v) is 3.21. The summed E-state index contributed by atoms with van der Waals surface area (Å²) in [5.74, 6) is 0.840. The van der Waals surface area contributed by atoms with Crippen LogP contribution in [-0.4, -0.2) is 34.1 Å². The van der Waals surface area contributed by atoms with Crippen molar-refractivity contribution in [2.24, 2.45) is 17.8 Å². The van der Waals surface area contributed by atoms with E-state index in [0.717, 1.165) is 25.7 Å². The molecule has 1 unspecified atom stereocenters. The average molecular weight is 244 g/mol. The van der Waals surface area contributed by atoms with Crippen LogP contribution in [0, 0.1) is 17.8 Å². The van der Waals surface area contributed by atoms with Gasteiger partial charge in [-0.05, 0) is 43.8 Å². The Hall–Kier alpha value is -0.190. The first kappa shape index (κ1) is 12.3. The number of rotatable bonds is 5. The second-order valence-electron chi connectivity index (χ2n) is 5.12. The zero-order valence-corrected chi connectivity index (χ0v) is 10.4. The lowest BCUT2D eigenvalue weighted by molar-refractivity contribution is 0.0784. The molecule has 5 atom stereocenters. The van der Waals surface area contributed by atoms with Crippen LogP contribution in [0.15, 0.2) is 0 Å². The van der Waals surface area contributed by atoms with Crippen LogP contribution in [0.2, 0.25) is 0 Å². The van der Waals surface area contributed by atoms with Gasteiger partial charge in [0.25, 0.3) is 0 Å². The molecule has 0 saturated carbocycles. The van der Waals surface area contributed by atoms with Gasteiger partial charge in [-0.2, -0.15) is 0 Å². The third-order valence-electron chi connectivity index (χ3n) is 4.16. The minimum absolute atomic E-state index is 0.0773. The molecular formula is C12H20O3S. The van der Waals surface area contributed by atoms with Crippen LogP contribution in [0.3, 0.4) is 0 Å². The highest BCUT2D eigenvalue weighted by molar-refractivity contribution is 7.80. The molecule has 4 heteroatoms. The lowest BCUT2D eigenvalue weighted by Crippen LogP contribution is -2.30. The van der Waals surface area contributed by atoms with Crippen molar-refractivity contribution < 1.29 is 14.9 Å². The van der Waals surface area contributed by atoms with Crippen molar-refractivity contribution in [1.82, 2.24) is 0 Å². The smallest absolute Gasteiger partial charge is 0.159 e. The molecule has 2 rings (SSSR count). The quantitative estimate of drug-likeness (QED) is 0.727. The Kier molecular flexibility index (Phi) is 3.82. The maximum absolute atomic E-state index is 9.38. The Morgan fingerprint density at radius 1 is 1.38 bits per heavy atom. The summed E-state index contributed by atoms with van der Waals surface area (Å²) in [7, 11) is 0. The zero-order valence-electron chi connectivity index (χ0n) is 9.63. The van der Waals surface area contributed by atoms with Gasteiger partial charge >= 0.3 is 0 Å². The van der Waals surface area contributed by atoms with E-state index in [0.29, 0.717) is 17.9 Å². The van der Waals surface area contributed by atoms with Crippen LogP contribution in [0.25, 0.3) is 0 Å². The number of aliphatic hydroxyl groups is 2. The first-order valence-corrected chi connectivity index (χ1v) is 6.53. The van der Waals surface area contributed by atoms with Crippen LogP contribution in [0.4, 0.5) is 0 Å². The monoisotopic (exact) mass is 244 g/mol. The fourth-order valence-electron chi connectivity index (χ4n) is 3.09. The van der Waals surface area contributed by atoms with E-state index in [1.54, 1.807) is 0 Å². The van der Waals surface area contributed by atoms with Crippen LogP contribution >= 0.6 is 12.2 Å². The topological polar surface area (TPSA) is 49.7 Å². The Morgan fingerprint density at radius 3 is 2.56 bits per heavy atom. The van der Waals surface area contributed by atoms with E-state index >= 15 is 0 Å². The molecule has 3 nitrogen and oxygen atoms in total. The average Bonchev–Trinajstić information content (AvgIpc) is 2.84. The molecule has 0 aromatic rings. The van der Waals surface area contributed by atoms with E-state index in [9.17, 15) is 10.2 Å². The second kappa shape index (κ2) is 4.98. The summed E-state index contributed by atoms with van der Waals surface area (Å²) in [6, 6.07) is 0. The molecule has 2 bridgehead atoms. The van der Waals surface area contributed by atoms with Crippen molar-refractivity contribution in [3.05, 3.63) is 0 Å². The summed E-state index contributed by atoms with van der Waals surface area (Å²) in [6.07, 6.45) is 4.72. The molecule has 0 aliphatic carbocycles. The highest BCUT2D eigenvalue weighted by atomic mass is 32.1. The predicted molar refractivity (Wildman–Crippen MR) is 65.6 cm³/mol. The van der Waals surface area contributed by atoms with Gasteiger partial charge in [0.05, 0.1) is 12.2 Å². The Morgan fingerprint density at radius 2 is 2.00 bits per heavy atom. The van der Waals surface area contributed by atoms with Crippen molar-refractivity contribution >= 4 is 17.3 Å². The van der Waals surface area contributed by atoms with E-state index in [1.165, 1.54) is 0 Å². The van der Waals surface area contributed by atoms with Gasteiger partial charge in [-0.25, -0.2) is 0 Å². The van der Waals surface area contributed by atoms with Gasteiger partial charge in [0.2, 0.25) is 0 Å². The number of fused-ring (bicyclic) bond motifs is 2. The minimum atomic E-state index is 0.0773. The maximum Gasteiger partial charge on any atom is 0.159 e. The third kappa shape index (κ3) is 2.24. The van der Waals surface area contributed by atoms with E-state index in [2.05, 4.69) is 0 Å². The number of thiocarbonyl (C=S) groups is 1. The Bertz CT molecular complexity index is 269. The standard InChI is InChI=1S/C12H20O3S/c1-7(12(14)16)2-3-8-9(6-13)11-5-4-10(8)15-11/h7-11,13H,2-6H2,1H3,(H,14,16)/t7-,8?,9+,10-,11+/m0/s1. The predicted octanol–water partition coefficient (Wildman–Crippen LogP) is 2.07. The minimum Gasteiger partial charge on any atom is -0.502 e. The van der Waals surface area contributed by atoms with Crippen molar-refractivity contribution in [1.29, 1.82) is 0 Å². The molecule has 2 heterocycles. The summed E-state index contributed by atoms with van der Waals surface area (Å²) >= 11 is 4.76. The van der Waals surface area contributed by atoms with E-state index in [-0.39, 0.29) is 23.7 Å². The number of hydrogen-bond acceptors (Lipinski definition) is 3. The van der Waals surface area contributed by atoms with Crippen molar-refractivity contribution in [3.8, 4) is 0 Å². The van der Waals surface area contributed by atoms with Gasteiger partial charge < -0.3 is 14.9 Å². The molecule has 2 aliphatic heterocycles. The highest BCUT2D eigenvalue weighted by Crippen LogP contribution is 2.45. The largest absolute Gasteiger partial charge is 0.502 e. The van der Waals surface area contributed by atoms with Crippen molar-refractivity contribution in [3.63, 3.8) is 0 Å². The van der Waals surface area contributed by atoms with E-state index in [4.69, 9.17) is 17.0 Å². The summed E-state index contributed by atoms with van der Waals surface area (Å²) in [5.41, 5.74) is 0. The molecule has 0 spiro atoms. The molecule has 2 aliphatic rings. The van der Waals surface area contributed by atoms with Crippen LogP contribution in [0.1, 0.15) is 32.6 Å². The lowest BCUT2D eigenvalue weighted by Gasteiger charge is -2.27. The first-order valence-electron chi connectivity index (χ1n) is 6.12. The highest BCUT2D eigenvalue weighted by Gasteiger charge is 2.47. The molecule has 16 heavy (non-hydrogen) atoms. The molecular weight excluding hydrogens is 224 g/mol. The molecule has 2 fully saturated rings. The fraction of sp³-hybridized carbons (Fsp3) is 0.917. The summed E-state index contributed by atoms with van der Waals surface area (Å²) < 4.78 is 5.83. The van der Waals surface area contributed by atoms with Crippen LogP contribution in [-0.2, 0) is 4.74 Å². The molecule has 0 aromatic carbocycles. The van der Waals surface area contributed by atoms with Gasteiger partial charge in [-0.15, -0.1) is 0 Å². The number of ether oxygens (including phenoxy) is 1. The third-order valence-corrected chi connectivity index (χ3v) is 4.56. The van der Waals surface area contributed by atoms with Gasteiger partial charge in [-0.1, -0.05) is 6.92 Å². The Balaban J connectivity index is 1.87. The number of aliphatic hydroxyl groups excluding tert-OH is 2. The molecule has 2 saturated heterocycles. The maximum atomic E-state index is 9.38. The van der Waals surface area contributed by atoms with E-state index < -0.39 is 0 Å². The molecule has 0 radical (unpaired) electrons. The summed E-state index contributed by atoms with van der Waals surface area (Å²) in [6.45, 7) is 2.17. The molecule has 0 aromatic heterocycles. The van der Waals surface area contributed by atoms with E-state index in [1.807, 2.05) is 6.92 Å². The van der Waals surface area contributed by atoms with Crippen LogP contribution < -0.4 is 0 Å².